The molecule has 0 spiro atoms. The topological polar surface area (TPSA) is 204 Å². The molecule has 2 unspecified atom stereocenters. The number of ether oxygens (including phenoxy) is 4. The number of aliphatic hydroxyl groups is 2. The quantitative estimate of drug-likeness (QED) is 0.0546. The van der Waals surface area contributed by atoms with Gasteiger partial charge in [-0.1, -0.05) is 60.4 Å². The van der Waals surface area contributed by atoms with E-state index < -0.39 is 82.7 Å². The lowest BCUT2D eigenvalue weighted by Gasteiger charge is -2.38. The Balaban J connectivity index is 1.60. The number of aliphatic hydroxyl groups excluding tert-OH is 2. The van der Waals surface area contributed by atoms with Crippen LogP contribution in [0.15, 0.2) is 68.4 Å². The molecule has 0 radical (unpaired) electrons. The van der Waals surface area contributed by atoms with Crippen LogP contribution in [-0.2, 0) is 23.8 Å². The average Bonchev–Trinajstić information content (AvgIpc) is 3.47. The highest BCUT2D eigenvalue weighted by molar-refractivity contribution is 8.44. The van der Waals surface area contributed by atoms with Gasteiger partial charge in [0.2, 0.25) is 0 Å². The van der Waals surface area contributed by atoms with Gasteiger partial charge >= 0.3 is 11.8 Å². The van der Waals surface area contributed by atoms with Crippen LogP contribution in [0.1, 0.15) is 64.4 Å². The molecular weight excluding hydrogens is 800 g/mol. The van der Waals surface area contributed by atoms with E-state index in [0.717, 1.165) is 0 Å². The van der Waals surface area contributed by atoms with E-state index in [1.54, 1.807) is 52.0 Å². The molecule has 1 amide bonds. The minimum atomic E-state index is -2.03. The first-order valence-corrected chi connectivity index (χ1v) is 21.4. The Morgan fingerprint density at radius 3 is 2.37 bits per heavy atom. The molecular formula is C43H49N2O12PS. The predicted octanol–water partition coefficient (Wildman–Crippen LogP) is 6.88. The molecule has 0 aliphatic carbocycles. The number of aromatic hydroxyl groups is 1. The van der Waals surface area contributed by atoms with Crippen molar-refractivity contribution in [3.63, 3.8) is 0 Å². The third kappa shape index (κ3) is 7.86. The summed E-state index contributed by atoms with van der Waals surface area (Å²) in [4.78, 5) is 60.7. The molecule has 14 nitrogen and oxygen atoms in total. The van der Waals surface area contributed by atoms with Crippen molar-refractivity contribution in [2.45, 2.75) is 90.5 Å². The van der Waals surface area contributed by atoms with Gasteiger partial charge in [-0.05, 0) is 32.1 Å². The molecule has 3 heterocycles. The van der Waals surface area contributed by atoms with Crippen molar-refractivity contribution < 1.29 is 53.1 Å². The number of nitrogens with one attached hydrogen (secondary N) is 1. The van der Waals surface area contributed by atoms with Crippen molar-refractivity contribution >= 4 is 76.1 Å². The number of hydrogen-bond acceptors (Lipinski definition) is 14. The molecule has 59 heavy (non-hydrogen) atoms. The maximum atomic E-state index is 14.6. The summed E-state index contributed by atoms with van der Waals surface area (Å²) < 4.78 is 30.1. The number of phenols is 1. The highest BCUT2D eigenvalue weighted by Crippen LogP contribution is 2.49. The molecule has 0 fully saturated rings. The van der Waals surface area contributed by atoms with Crippen LogP contribution < -0.4 is 15.5 Å². The maximum absolute atomic E-state index is 14.6. The summed E-state index contributed by atoms with van der Waals surface area (Å²) in [7, 11) is 3.99. The van der Waals surface area contributed by atoms with Gasteiger partial charge in [0.1, 0.15) is 28.6 Å². The van der Waals surface area contributed by atoms with E-state index in [4.69, 9.17) is 28.3 Å². The first-order chi connectivity index (χ1) is 27.9. The Kier molecular flexibility index (Phi) is 12.7. The van der Waals surface area contributed by atoms with Gasteiger partial charge in [-0.15, -0.1) is 11.4 Å². The molecule has 16 heteroatoms. The fraction of sp³-hybridized carbons (Fsp3) is 0.419. The van der Waals surface area contributed by atoms with Crippen LogP contribution in [-0.4, -0.2) is 75.3 Å². The minimum Gasteiger partial charge on any atom is -0.505 e. The van der Waals surface area contributed by atoms with Gasteiger partial charge in [-0.3, -0.25) is 19.2 Å². The first-order valence-electron chi connectivity index (χ1n) is 19.1. The number of ketones is 1. The van der Waals surface area contributed by atoms with E-state index >= 15 is 0 Å². The van der Waals surface area contributed by atoms with Gasteiger partial charge in [0.15, 0.2) is 22.3 Å². The number of carbonyl (C=O) groups is 3. The summed E-state index contributed by atoms with van der Waals surface area (Å²) in [6.45, 7) is 12.6. The third-order valence-electron chi connectivity index (χ3n) is 11.5. The predicted molar refractivity (Wildman–Crippen MR) is 227 cm³/mol. The fourth-order valence-electron chi connectivity index (χ4n) is 7.90. The summed E-state index contributed by atoms with van der Waals surface area (Å²) >= 11 is 1.32. The van der Waals surface area contributed by atoms with E-state index in [2.05, 4.69) is 13.8 Å². The number of allylic oxidation sites excluding steroid dienone is 2. The molecule has 0 saturated carbocycles. The summed E-state index contributed by atoms with van der Waals surface area (Å²) in [5, 5.41) is 37.2. The van der Waals surface area contributed by atoms with Gasteiger partial charge in [-0.25, -0.2) is 4.98 Å². The van der Waals surface area contributed by atoms with Crippen molar-refractivity contribution in [2.75, 3.05) is 12.4 Å². The van der Waals surface area contributed by atoms with E-state index in [-0.39, 0.29) is 50.0 Å². The molecule has 3 aromatic carbocycles. The van der Waals surface area contributed by atoms with Gasteiger partial charge in [-0.2, -0.15) is 0 Å². The van der Waals surface area contributed by atoms with Gasteiger partial charge in [0.25, 0.3) is 11.7 Å². The molecule has 6 rings (SSSR count). The Bertz CT molecular complexity index is 2520. The number of aromatic nitrogens is 1. The van der Waals surface area contributed by atoms with Crippen LogP contribution in [0.25, 0.3) is 33.0 Å². The normalized spacial score (nSPS) is 30.1. The zero-order chi connectivity index (χ0) is 43.2. The molecule has 2 aliphatic rings. The van der Waals surface area contributed by atoms with E-state index in [1.807, 2.05) is 6.07 Å². The highest BCUT2D eigenvalue weighted by Gasteiger charge is 2.49. The number of carbonyl (C=O) groups excluding carboxylic acids is 3. The number of fused-ring (bicyclic) bond motifs is 2. The standard InChI is InChI=1S/C43H49N2O12PS/c1-18-12-10-13-19(2)42(52)45-33-37(50)29-28(32-40(33)56-26-14-11-15-27(59-58)31(26)44-32)30-39(23(6)36(29)49)57-43(8,41(30)51)54-17-16-25(53-9)20(3)38(55-24(7)46)22(5)35(48)21(4)34(18)47/h10-18,20-22,25,34-35,38,47-48,50H,58H2,1-9H3,(H,45,52)/b12-10+,17-16+,19-13-/t18-,20+,21+,22+,25-,34-,35+,38+,43?/m0/s1. The summed E-state index contributed by atoms with van der Waals surface area (Å²) in [5.41, 5.74) is -0.220. The Morgan fingerprint density at radius 1 is 1.00 bits per heavy atom. The van der Waals surface area contributed by atoms with Crippen molar-refractivity contribution in [1.82, 2.24) is 4.98 Å². The lowest BCUT2D eigenvalue weighted by atomic mass is 9.78. The molecule has 4 N–H and O–H groups in total. The van der Waals surface area contributed by atoms with Crippen molar-refractivity contribution in [2.24, 2.45) is 23.7 Å². The number of phenolic OH excluding ortho intramolecular Hbond substituents is 1. The van der Waals surface area contributed by atoms with Crippen LogP contribution in [0.4, 0.5) is 5.69 Å². The van der Waals surface area contributed by atoms with Gasteiger partial charge < -0.3 is 44.0 Å². The molecule has 4 aromatic rings. The second-order valence-electron chi connectivity index (χ2n) is 15.4. The van der Waals surface area contributed by atoms with Crippen molar-refractivity contribution in [3.05, 3.63) is 75.7 Å². The lowest BCUT2D eigenvalue weighted by molar-refractivity contribution is -0.160. The molecule has 314 valence electrons. The number of benzene rings is 3. The smallest absolute Gasteiger partial charge is 0.312 e. The van der Waals surface area contributed by atoms with Crippen LogP contribution >= 0.6 is 19.8 Å². The summed E-state index contributed by atoms with van der Waals surface area (Å²) in [6, 6.07) is 5.23. The van der Waals surface area contributed by atoms with Gasteiger partial charge in [0.05, 0.1) is 35.5 Å². The van der Waals surface area contributed by atoms with E-state index in [1.165, 1.54) is 64.6 Å². The number of amides is 1. The Morgan fingerprint density at radius 2 is 1.71 bits per heavy atom. The monoisotopic (exact) mass is 848 g/mol. The van der Waals surface area contributed by atoms with E-state index in [0.29, 0.717) is 16.0 Å². The van der Waals surface area contributed by atoms with Crippen molar-refractivity contribution in [3.8, 4) is 11.5 Å². The van der Waals surface area contributed by atoms with Crippen molar-refractivity contribution in [1.29, 1.82) is 0 Å². The second-order valence-corrected chi connectivity index (χ2v) is 16.8. The minimum absolute atomic E-state index is 0.000409. The van der Waals surface area contributed by atoms with Crippen LogP contribution in [0, 0.1) is 30.6 Å². The molecule has 4 bridgehead atoms. The molecule has 0 saturated heterocycles. The Hall–Kier alpha value is -4.79. The third-order valence-corrected chi connectivity index (χ3v) is 12.8. The largest absolute Gasteiger partial charge is 0.505 e. The number of hydrogen-bond donors (Lipinski definition) is 4. The number of esters is 1. The number of nitrogens with zero attached hydrogens (tertiary/aromatic N) is 1. The number of Topliss-reactive ketones (excluding diaryl/α,β-unsaturated/α-hetero) is 1. The summed E-state index contributed by atoms with van der Waals surface area (Å²) in [6.07, 6.45) is 3.65. The lowest BCUT2D eigenvalue weighted by Crippen LogP contribution is -2.46. The second kappa shape index (κ2) is 17.1. The zero-order valence-electron chi connectivity index (χ0n) is 34.2. The fourth-order valence-corrected chi connectivity index (χ4v) is 8.88. The maximum Gasteiger partial charge on any atom is 0.312 e. The molecule has 2 aliphatic heterocycles. The first kappa shape index (κ1) is 43.8. The number of para-hydroxylation sites is 1. The highest BCUT2D eigenvalue weighted by atomic mass is 32.7. The Labute approximate surface area is 347 Å². The van der Waals surface area contributed by atoms with E-state index in [9.17, 15) is 34.5 Å². The average molecular weight is 849 g/mol. The van der Waals surface area contributed by atoms with Crippen LogP contribution in [0.5, 0.6) is 11.5 Å². The number of rotatable bonds is 3. The molecule has 10 atom stereocenters. The SMILES string of the molecule is CO[C@H]1/C=C/OC2(C)Oc3c(C)c(=O)c4c(O)c(c5oc6cccc(SP)c6nc5c4c3C2=O)NC(=O)/C(C)=C\C=C\[C@H](C)[C@H](O)[C@@H](C)[C@@H](O)[C@@H](C)[C@H](OC(C)=O)[C@@H]1C. The van der Waals surface area contributed by atoms with Crippen LogP contribution in [0.2, 0.25) is 0 Å². The zero-order valence-corrected chi connectivity index (χ0v) is 36.2. The van der Waals surface area contributed by atoms with Crippen LogP contribution in [0.3, 0.4) is 0 Å². The summed E-state index contributed by atoms with van der Waals surface area (Å²) in [5.74, 6) is -7.15. The van der Waals surface area contributed by atoms with Gasteiger partial charge in [0, 0.05) is 66.0 Å². The number of methoxy groups -OCH3 is 1. The molecule has 1 aromatic heterocycles. The number of anilines is 1.